The van der Waals surface area contributed by atoms with Crippen molar-refractivity contribution in [2.45, 2.75) is 6.54 Å². The Morgan fingerprint density at radius 2 is 1.95 bits per heavy atom. The number of phenolic OH excluding ortho intramolecular Hbond substituents is 1. The van der Waals surface area contributed by atoms with E-state index in [4.69, 9.17) is 21.1 Å². The summed E-state index contributed by atoms with van der Waals surface area (Å²) in [6.07, 6.45) is 0. The second-order valence-corrected chi connectivity index (χ2v) is 4.72. The third-order valence-electron chi connectivity index (χ3n) is 2.98. The van der Waals surface area contributed by atoms with Gasteiger partial charge in [0, 0.05) is 23.9 Å². The molecule has 2 aromatic carbocycles. The third kappa shape index (κ3) is 2.44. The first-order chi connectivity index (χ1) is 9.63. The van der Waals surface area contributed by atoms with E-state index in [1.165, 1.54) is 18.2 Å². The maximum atomic E-state index is 13.0. The summed E-state index contributed by atoms with van der Waals surface area (Å²) < 4.78 is 23.5. The second-order valence-electron chi connectivity index (χ2n) is 4.32. The van der Waals surface area contributed by atoms with E-state index in [1.807, 2.05) is 0 Å². The van der Waals surface area contributed by atoms with Gasteiger partial charge in [-0.05, 0) is 24.3 Å². The van der Waals surface area contributed by atoms with Gasteiger partial charge in [-0.1, -0.05) is 11.6 Å². The third-order valence-corrected chi connectivity index (χ3v) is 3.27. The number of hydrogen-bond acceptors (Lipinski definition) is 4. The molecule has 2 aromatic rings. The van der Waals surface area contributed by atoms with Gasteiger partial charge in [-0.2, -0.15) is 0 Å². The van der Waals surface area contributed by atoms with Crippen LogP contribution in [0.25, 0.3) is 0 Å². The molecule has 0 aliphatic carbocycles. The van der Waals surface area contributed by atoms with Gasteiger partial charge >= 0.3 is 0 Å². The minimum atomic E-state index is -0.469. The zero-order chi connectivity index (χ0) is 14.1. The van der Waals surface area contributed by atoms with Gasteiger partial charge in [-0.15, -0.1) is 0 Å². The van der Waals surface area contributed by atoms with Crippen LogP contribution >= 0.6 is 11.6 Å². The summed E-state index contributed by atoms with van der Waals surface area (Å²) in [7, 11) is 0. The first-order valence-electron chi connectivity index (χ1n) is 5.94. The fourth-order valence-electron chi connectivity index (χ4n) is 1.92. The first kappa shape index (κ1) is 12.9. The van der Waals surface area contributed by atoms with Crippen molar-refractivity contribution in [3.63, 3.8) is 0 Å². The Labute approximate surface area is 119 Å². The summed E-state index contributed by atoms with van der Waals surface area (Å²) in [5.74, 6) is 0.755. The second kappa shape index (κ2) is 5.09. The number of rotatable bonds is 3. The van der Waals surface area contributed by atoms with Crippen LogP contribution in [0.1, 0.15) is 5.56 Å². The molecule has 0 aromatic heterocycles. The van der Waals surface area contributed by atoms with E-state index >= 15 is 0 Å². The fraction of sp³-hybridized carbons (Fsp3) is 0.143. The van der Waals surface area contributed by atoms with E-state index in [0.717, 1.165) is 0 Å². The normalized spacial score (nSPS) is 12.5. The topological polar surface area (TPSA) is 50.7 Å². The molecule has 0 bridgehead atoms. The molecule has 0 radical (unpaired) electrons. The van der Waals surface area contributed by atoms with Gasteiger partial charge in [0.05, 0.1) is 5.02 Å². The van der Waals surface area contributed by atoms with E-state index in [0.29, 0.717) is 29.3 Å². The number of ether oxygens (including phenoxy) is 2. The Kier molecular flexibility index (Phi) is 3.28. The molecular formula is C14H11ClFNO3. The van der Waals surface area contributed by atoms with Crippen LogP contribution in [0.15, 0.2) is 30.3 Å². The lowest BCUT2D eigenvalue weighted by Crippen LogP contribution is -2.00. The van der Waals surface area contributed by atoms with Crippen molar-refractivity contribution in [1.82, 2.24) is 0 Å². The van der Waals surface area contributed by atoms with Crippen LogP contribution in [-0.2, 0) is 6.54 Å². The van der Waals surface area contributed by atoms with Gasteiger partial charge in [-0.3, -0.25) is 0 Å². The standard InChI is InChI=1S/C14H11ClFNO3/c15-10-4-9(1-2-11(10)16)17-6-8-3-13-14(5-12(8)18)20-7-19-13/h1-5,17-18H,6-7H2. The van der Waals surface area contributed by atoms with E-state index in [-0.39, 0.29) is 17.6 Å². The van der Waals surface area contributed by atoms with Crippen molar-refractivity contribution in [1.29, 1.82) is 0 Å². The molecule has 1 heterocycles. The number of benzene rings is 2. The van der Waals surface area contributed by atoms with Crippen LogP contribution in [0, 0.1) is 5.82 Å². The van der Waals surface area contributed by atoms with Crippen molar-refractivity contribution >= 4 is 17.3 Å². The molecule has 0 saturated heterocycles. The van der Waals surface area contributed by atoms with Crippen LogP contribution in [0.3, 0.4) is 0 Å². The molecule has 20 heavy (non-hydrogen) atoms. The predicted molar refractivity (Wildman–Crippen MR) is 73.0 cm³/mol. The molecule has 3 rings (SSSR count). The lowest BCUT2D eigenvalue weighted by Gasteiger charge is -2.09. The molecule has 104 valence electrons. The molecule has 1 aliphatic heterocycles. The summed E-state index contributed by atoms with van der Waals surface area (Å²) >= 11 is 5.70. The fourth-order valence-corrected chi connectivity index (χ4v) is 2.10. The predicted octanol–water partition coefficient (Wildman–Crippen LogP) is 3.53. The highest BCUT2D eigenvalue weighted by atomic mass is 35.5. The highest BCUT2D eigenvalue weighted by Crippen LogP contribution is 2.37. The zero-order valence-electron chi connectivity index (χ0n) is 10.3. The molecule has 0 amide bonds. The average Bonchev–Trinajstić information content (AvgIpc) is 2.87. The Morgan fingerprint density at radius 1 is 1.20 bits per heavy atom. The minimum absolute atomic E-state index is 0.0462. The average molecular weight is 296 g/mol. The van der Waals surface area contributed by atoms with E-state index in [9.17, 15) is 9.50 Å². The SMILES string of the molecule is Oc1cc2c(cc1CNc1ccc(F)c(Cl)c1)OCO2. The number of aromatic hydroxyl groups is 1. The number of phenols is 1. The van der Waals surface area contributed by atoms with Gasteiger partial charge < -0.3 is 19.9 Å². The quantitative estimate of drug-likeness (QED) is 0.909. The smallest absolute Gasteiger partial charge is 0.231 e. The van der Waals surface area contributed by atoms with Crippen molar-refractivity contribution in [3.8, 4) is 17.2 Å². The molecule has 6 heteroatoms. The number of nitrogens with one attached hydrogen (secondary N) is 1. The summed E-state index contributed by atoms with van der Waals surface area (Å²) in [6, 6.07) is 7.56. The maximum absolute atomic E-state index is 13.0. The maximum Gasteiger partial charge on any atom is 0.231 e. The molecule has 2 N–H and O–H groups in total. The molecule has 0 fully saturated rings. The lowest BCUT2D eigenvalue weighted by atomic mass is 10.1. The largest absolute Gasteiger partial charge is 0.507 e. The van der Waals surface area contributed by atoms with Crippen molar-refractivity contribution in [2.75, 3.05) is 12.1 Å². The monoisotopic (exact) mass is 295 g/mol. The lowest BCUT2D eigenvalue weighted by molar-refractivity contribution is 0.174. The van der Waals surface area contributed by atoms with E-state index in [1.54, 1.807) is 12.1 Å². The van der Waals surface area contributed by atoms with Crippen LogP contribution < -0.4 is 14.8 Å². The molecular weight excluding hydrogens is 285 g/mol. The molecule has 0 atom stereocenters. The number of fused-ring (bicyclic) bond motifs is 1. The van der Waals surface area contributed by atoms with Gasteiger partial charge in [0.25, 0.3) is 0 Å². The van der Waals surface area contributed by atoms with Gasteiger partial charge in [-0.25, -0.2) is 4.39 Å². The minimum Gasteiger partial charge on any atom is -0.507 e. The van der Waals surface area contributed by atoms with Gasteiger partial charge in [0.1, 0.15) is 11.6 Å². The van der Waals surface area contributed by atoms with Crippen LogP contribution in [-0.4, -0.2) is 11.9 Å². The van der Waals surface area contributed by atoms with Crippen molar-refractivity contribution in [2.24, 2.45) is 0 Å². The molecule has 4 nitrogen and oxygen atoms in total. The Bertz CT molecular complexity index is 663. The summed E-state index contributed by atoms with van der Waals surface area (Å²) in [4.78, 5) is 0. The molecule has 0 spiro atoms. The number of hydrogen-bond donors (Lipinski definition) is 2. The van der Waals surface area contributed by atoms with Crippen LogP contribution in [0.2, 0.25) is 5.02 Å². The summed E-state index contributed by atoms with van der Waals surface area (Å²) in [5, 5.41) is 13.0. The van der Waals surface area contributed by atoms with Crippen molar-refractivity contribution in [3.05, 3.63) is 46.7 Å². The Balaban J connectivity index is 1.76. The Hall–Kier alpha value is -2.14. The first-order valence-corrected chi connectivity index (χ1v) is 6.31. The highest BCUT2D eigenvalue weighted by molar-refractivity contribution is 6.31. The number of anilines is 1. The summed E-state index contributed by atoms with van der Waals surface area (Å²) in [5.41, 5.74) is 1.31. The molecule has 1 aliphatic rings. The number of halogens is 2. The molecule has 0 unspecified atom stereocenters. The molecule has 0 saturated carbocycles. The van der Waals surface area contributed by atoms with Crippen LogP contribution in [0.4, 0.5) is 10.1 Å². The highest BCUT2D eigenvalue weighted by Gasteiger charge is 2.16. The zero-order valence-corrected chi connectivity index (χ0v) is 11.1. The Morgan fingerprint density at radius 3 is 2.70 bits per heavy atom. The van der Waals surface area contributed by atoms with Crippen LogP contribution in [0.5, 0.6) is 17.2 Å². The van der Waals surface area contributed by atoms with E-state index in [2.05, 4.69) is 5.32 Å². The van der Waals surface area contributed by atoms with Gasteiger partial charge in [0.2, 0.25) is 6.79 Å². The summed E-state index contributed by atoms with van der Waals surface area (Å²) in [6.45, 7) is 0.504. The van der Waals surface area contributed by atoms with Crippen molar-refractivity contribution < 1.29 is 19.0 Å². The van der Waals surface area contributed by atoms with E-state index < -0.39 is 5.82 Å². The van der Waals surface area contributed by atoms with Gasteiger partial charge in [0.15, 0.2) is 11.5 Å².